The van der Waals surface area contributed by atoms with Crippen molar-refractivity contribution in [1.29, 1.82) is 0 Å². The van der Waals surface area contributed by atoms with Crippen LogP contribution in [-0.4, -0.2) is 29.9 Å². The lowest BCUT2D eigenvalue weighted by Gasteiger charge is -2.14. The van der Waals surface area contributed by atoms with Crippen LogP contribution in [0.1, 0.15) is 6.42 Å². The molecule has 0 spiro atoms. The number of halogens is 1. The monoisotopic (exact) mass is 265 g/mol. The van der Waals surface area contributed by atoms with Gasteiger partial charge in [0, 0.05) is 18.7 Å². The molecule has 0 fully saturated rings. The summed E-state index contributed by atoms with van der Waals surface area (Å²) in [5.74, 6) is 0.0758. The SMILES string of the molecule is O=C1C=CC(=O)N1CCCOc1ccccc1Cl. The number of benzene rings is 1. The maximum absolute atomic E-state index is 11.3. The molecule has 94 valence electrons. The number of rotatable bonds is 5. The Morgan fingerprint density at radius 3 is 2.44 bits per heavy atom. The van der Waals surface area contributed by atoms with Crippen LogP contribution in [0.2, 0.25) is 5.02 Å². The summed E-state index contributed by atoms with van der Waals surface area (Å²) in [6.45, 7) is 0.760. The molecule has 0 atom stereocenters. The van der Waals surface area contributed by atoms with Crippen molar-refractivity contribution in [2.45, 2.75) is 6.42 Å². The standard InChI is InChI=1S/C13H12ClNO3/c14-10-4-1-2-5-11(10)18-9-3-8-15-12(16)6-7-13(15)17/h1-2,4-7H,3,8-9H2. The summed E-state index contributed by atoms with van der Waals surface area (Å²) in [6.07, 6.45) is 3.12. The van der Waals surface area contributed by atoms with Gasteiger partial charge in [-0.2, -0.15) is 0 Å². The van der Waals surface area contributed by atoms with Gasteiger partial charge in [-0.3, -0.25) is 14.5 Å². The average Bonchev–Trinajstić information content (AvgIpc) is 2.67. The first-order chi connectivity index (χ1) is 8.68. The van der Waals surface area contributed by atoms with Crippen LogP contribution in [0.15, 0.2) is 36.4 Å². The molecule has 0 saturated carbocycles. The van der Waals surface area contributed by atoms with Gasteiger partial charge in [-0.1, -0.05) is 23.7 Å². The average molecular weight is 266 g/mol. The minimum Gasteiger partial charge on any atom is -0.492 e. The normalized spacial score (nSPS) is 14.4. The summed E-state index contributed by atoms with van der Waals surface area (Å²) in [4.78, 5) is 23.7. The predicted molar refractivity (Wildman–Crippen MR) is 67.4 cm³/mol. The lowest BCUT2D eigenvalue weighted by atomic mass is 10.3. The Kier molecular flexibility index (Phi) is 3.99. The van der Waals surface area contributed by atoms with E-state index < -0.39 is 0 Å². The molecule has 0 N–H and O–H groups in total. The fourth-order valence-corrected chi connectivity index (χ4v) is 1.81. The number of amides is 2. The lowest BCUT2D eigenvalue weighted by Crippen LogP contribution is -2.31. The molecule has 5 heteroatoms. The van der Waals surface area contributed by atoms with Crippen LogP contribution in [0.4, 0.5) is 0 Å². The summed E-state index contributed by atoms with van der Waals surface area (Å²) in [5.41, 5.74) is 0. The van der Waals surface area contributed by atoms with Crippen LogP contribution in [0.5, 0.6) is 5.75 Å². The van der Waals surface area contributed by atoms with Crippen molar-refractivity contribution in [3.63, 3.8) is 0 Å². The number of imide groups is 1. The third kappa shape index (κ3) is 2.90. The topological polar surface area (TPSA) is 46.6 Å². The zero-order chi connectivity index (χ0) is 13.0. The van der Waals surface area contributed by atoms with Crippen LogP contribution >= 0.6 is 11.6 Å². The van der Waals surface area contributed by atoms with Gasteiger partial charge in [0.2, 0.25) is 0 Å². The van der Waals surface area contributed by atoms with E-state index in [1.54, 1.807) is 12.1 Å². The van der Waals surface area contributed by atoms with Gasteiger partial charge in [0.25, 0.3) is 11.8 Å². The molecule has 1 aromatic rings. The van der Waals surface area contributed by atoms with Crippen molar-refractivity contribution in [2.24, 2.45) is 0 Å². The van der Waals surface area contributed by atoms with Gasteiger partial charge in [0.05, 0.1) is 11.6 Å². The molecule has 0 radical (unpaired) electrons. The van der Waals surface area contributed by atoms with Gasteiger partial charge >= 0.3 is 0 Å². The van der Waals surface area contributed by atoms with Crippen LogP contribution in [0.25, 0.3) is 0 Å². The molecule has 18 heavy (non-hydrogen) atoms. The molecule has 1 aromatic carbocycles. The first-order valence-corrected chi connectivity index (χ1v) is 5.97. The van der Waals surface area contributed by atoms with Gasteiger partial charge < -0.3 is 4.74 Å². The lowest BCUT2D eigenvalue weighted by molar-refractivity contribution is -0.136. The van der Waals surface area contributed by atoms with Gasteiger partial charge in [-0.25, -0.2) is 0 Å². The number of carbonyl (C=O) groups excluding carboxylic acids is 2. The fraction of sp³-hybridized carbons (Fsp3) is 0.231. The van der Waals surface area contributed by atoms with Crippen LogP contribution in [0.3, 0.4) is 0 Å². The van der Waals surface area contributed by atoms with Crippen molar-refractivity contribution in [1.82, 2.24) is 4.90 Å². The maximum Gasteiger partial charge on any atom is 0.253 e. The minimum atomic E-state index is -0.266. The van der Waals surface area contributed by atoms with Crippen LogP contribution < -0.4 is 4.74 Å². The highest BCUT2D eigenvalue weighted by atomic mass is 35.5. The van der Waals surface area contributed by atoms with Crippen molar-refractivity contribution in [3.8, 4) is 5.75 Å². The maximum atomic E-state index is 11.3. The Labute approximate surface area is 110 Å². The number of hydrogen-bond donors (Lipinski definition) is 0. The number of ether oxygens (including phenoxy) is 1. The van der Waals surface area contributed by atoms with E-state index in [1.807, 2.05) is 12.1 Å². The predicted octanol–water partition coefficient (Wildman–Crippen LogP) is 2.03. The van der Waals surface area contributed by atoms with E-state index in [2.05, 4.69) is 0 Å². The second-order valence-corrected chi connectivity index (χ2v) is 4.20. The van der Waals surface area contributed by atoms with E-state index in [4.69, 9.17) is 16.3 Å². The molecule has 1 aliphatic heterocycles. The first kappa shape index (κ1) is 12.6. The molecule has 2 rings (SSSR count). The second-order valence-electron chi connectivity index (χ2n) is 3.79. The zero-order valence-electron chi connectivity index (χ0n) is 9.64. The van der Waals surface area contributed by atoms with Gasteiger partial charge in [0.15, 0.2) is 0 Å². The summed E-state index contributed by atoms with van der Waals surface area (Å²) in [7, 11) is 0. The number of hydrogen-bond acceptors (Lipinski definition) is 3. The van der Waals surface area contributed by atoms with E-state index in [-0.39, 0.29) is 11.8 Å². The molecule has 0 bridgehead atoms. The second kappa shape index (κ2) is 5.69. The summed E-state index contributed by atoms with van der Waals surface area (Å²) >= 11 is 5.92. The highest BCUT2D eigenvalue weighted by molar-refractivity contribution is 6.32. The molecule has 0 aliphatic carbocycles. The van der Waals surface area contributed by atoms with Gasteiger partial charge in [-0.05, 0) is 18.6 Å². The Balaban J connectivity index is 1.75. The summed E-state index contributed by atoms with van der Waals surface area (Å²) in [5, 5.41) is 0.549. The zero-order valence-corrected chi connectivity index (χ0v) is 10.4. The minimum absolute atomic E-state index is 0.266. The summed E-state index contributed by atoms with van der Waals surface area (Å²) in [6, 6.07) is 7.17. The molecule has 0 aromatic heterocycles. The Bertz CT molecular complexity index is 481. The molecule has 4 nitrogen and oxygen atoms in total. The largest absolute Gasteiger partial charge is 0.492 e. The third-order valence-corrected chi connectivity index (χ3v) is 2.83. The fourth-order valence-electron chi connectivity index (χ4n) is 1.62. The van der Waals surface area contributed by atoms with E-state index >= 15 is 0 Å². The molecule has 1 heterocycles. The molecule has 0 saturated heterocycles. The van der Waals surface area contributed by atoms with Crippen LogP contribution in [-0.2, 0) is 9.59 Å². The number of para-hydroxylation sites is 1. The number of carbonyl (C=O) groups is 2. The molecular weight excluding hydrogens is 254 g/mol. The van der Waals surface area contributed by atoms with Crippen molar-refractivity contribution >= 4 is 23.4 Å². The first-order valence-electron chi connectivity index (χ1n) is 5.59. The number of nitrogens with zero attached hydrogens (tertiary/aromatic N) is 1. The Hall–Kier alpha value is -1.81. The Morgan fingerprint density at radius 1 is 1.11 bits per heavy atom. The van der Waals surface area contributed by atoms with E-state index in [9.17, 15) is 9.59 Å². The molecular formula is C13H12ClNO3. The molecule has 2 amide bonds. The summed E-state index contributed by atoms with van der Waals surface area (Å²) < 4.78 is 5.47. The highest BCUT2D eigenvalue weighted by Gasteiger charge is 2.22. The highest BCUT2D eigenvalue weighted by Crippen LogP contribution is 2.23. The van der Waals surface area contributed by atoms with Gasteiger partial charge in [-0.15, -0.1) is 0 Å². The molecule has 0 unspecified atom stereocenters. The van der Waals surface area contributed by atoms with Crippen molar-refractivity contribution in [3.05, 3.63) is 41.4 Å². The smallest absolute Gasteiger partial charge is 0.253 e. The quantitative estimate of drug-likeness (QED) is 0.605. The van der Waals surface area contributed by atoms with Crippen molar-refractivity contribution in [2.75, 3.05) is 13.2 Å². The Morgan fingerprint density at radius 2 is 1.78 bits per heavy atom. The third-order valence-electron chi connectivity index (χ3n) is 2.52. The van der Waals surface area contributed by atoms with E-state index in [0.717, 1.165) is 0 Å². The van der Waals surface area contributed by atoms with Crippen molar-refractivity contribution < 1.29 is 14.3 Å². The van der Waals surface area contributed by atoms with Crippen LogP contribution in [0, 0.1) is 0 Å². The van der Waals surface area contributed by atoms with Gasteiger partial charge in [0.1, 0.15) is 5.75 Å². The molecule has 1 aliphatic rings. The van der Waals surface area contributed by atoms with E-state index in [1.165, 1.54) is 17.1 Å². The van der Waals surface area contributed by atoms with E-state index in [0.29, 0.717) is 30.3 Å².